The maximum Gasteiger partial charge on any atom is 0.124 e. The SMILES string of the molecule is CC(C)CCNC1CC2(CCN(C)CC2)Oc2ccccc21. The number of benzene rings is 1. The average Bonchev–Trinajstić information content (AvgIpc) is 2.50. The van der Waals surface area contributed by atoms with Gasteiger partial charge in [-0.3, -0.25) is 0 Å². The zero-order chi connectivity index (χ0) is 15.6. The standard InChI is InChI=1S/C19H30N2O/c1-15(2)8-11-20-17-14-19(9-12-21(3)13-10-19)22-18-7-5-4-6-16(17)18/h4-7,15,17,20H,8-14H2,1-3H3. The minimum Gasteiger partial charge on any atom is -0.487 e. The largest absolute Gasteiger partial charge is 0.487 e. The zero-order valence-corrected chi connectivity index (χ0v) is 14.3. The normalized spacial score (nSPS) is 24.3. The van der Waals surface area contributed by atoms with Crippen LogP contribution in [0.15, 0.2) is 24.3 Å². The number of ether oxygens (including phenoxy) is 1. The molecular weight excluding hydrogens is 272 g/mol. The van der Waals surface area contributed by atoms with Gasteiger partial charge in [0.1, 0.15) is 11.4 Å². The zero-order valence-electron chi connectivity index (χ0n) is 14.3. The lowest BCUT2D eigenvalue weighted by molar-refractivity contribution is -0.0203. The highest BCUT2D eigenvalue weighted by molar-refractivity contribution is 5.39. The Bertz CT molecular complexity index is 492. The van der Waals surface area contributed by atoms with E-state index in [0.29, 0.717) is 6.04 Å². The van der Waals surface area contributed by atoms with Gasteiger partial charge in [-0.05, 0) is 44.8 Å². The van der Waals surface area contributed by atoms with Crippen LogP contribution >= 0.6 is 0 Å². The Kier molecular flexibility index (Phi) is 4.74. The van der Waals surface area contributed by atoms with Crippen molar-refractivity contribution in [2.24, 2.45) is 5.92 Å². The minimum atomic E-state index is 0.0381. The molecule has 0 aliphatic carbocycles. The summed E-state index contributed by atoms with van der Waals surface area (Å²) in [4.78, 5) is 2.41. The van der Waals surface area contributed by atoms with E-state index >= 15 is 0 Å². The molecule has 1 saturated heterocycles. The van der Waals surface area contributed by atoms with Crippen molar-refractivity contribution in [3.63, 3.8) is 0 Å². The molecule has 0 saturated carbocycles. The Hall–Kier alpha value is -1.06. The van der Waals surface area contributed by atoms with Crippen LogP contribution in [0.4, 0.5) is 0 Å². The second-order valence-corrected chi connectivity index (χ2v) is 7.52. The fourth-order valence-corrected chi connectivity index (χ4v) is 3.68. The number of rotatable bonds is 4. The molecule has 0 aromatic heterocycles. The van der Waals surface area contributed by atoms with Gasteiger partial charge < -0.3 is 15.0 Å². The van der Waals surface area contributed by atoms with Gasteiger partial charge in [-0.15, -0.1) is 0 Å². The van der Waals surface area contributed by atoms with Crippen LogP contribution in [0, 0.1) is 5.92 Å². The predicted molar refractivity (Wildman–Crippen MR) is 91.3 cm³/mol. The summed E-state index contributed by atoms with van der Waals surface area (Å²) in [6, 6.07) is 9.03. The second-order valence-electron chi connectivity index (χ2n) is 7.52. The smallest absolute Gasteiger partial charge is 0.124 e. The molecule has 2 aliphatic heterocycles. The number of fused-ring (bicyclic) bond motifs is 1. The molecule has 2 heterocycles. The molecule has 0 amide bonds. The van der Waals surface area contributed by atoms with Crippen LogP contribution in [0.25, 0.3) is 0 Å². The maximum atomic E-state index is 6.50. The van der Waals surface area contributed by atoms with Crippen molar-refractivity contribution in [2.45, 2.75) is 51.2 Å². The van der Waals surface area contributed by atoms with Gasteiger partial charge >= 0.3 is 0 Å². The molecule has 1 fully saturated rings. The first-order valence-corrected chi connectivity index (χ1v) is 8.78. The number of hydrogen-bond donors (Lipinski definition) is 1. The van der Waals surface area contributed by atoms with E-state index in [1.807, 2.05) is 0 Å². The minimum absolute atomic E-state index is 0.0381. The Labute approximate surface area is 135 Å². The number of likely N-dealkylation sites (tertiary alicyclic amines) is 1. The van der Waals surface area contributed by atoms with Gasteiger partial charge in [-0.1, -0.05) is 32.0 Å². The summed E-state index contributed by atoms with van der Waals surface area (Å²) in [5.41, 5.74) is 1.38. The van der Waals surface area contributed by atoms with E-state index < -0.39 is 0 Å². The number of piperidine rings is 1. The van der Waals surface area contributed by atoms with Crippen LogP contribution in [0.1, 0.15) is 51.1 Å². The quantitative estimate of drug-likeness (QED) is 0.919. The van der Waals surface area contributed by atoms with Crippen molar-refractivity contribution in [2.75, 3.05) is 26.7 Å². The lowest BCUT2D eigenvalue weighted by Crippen LogP contribution is -2.51. The van der Waals surface area contributed by atoms with Gasteiger partial charge in [0.2, 0.25) is 0 Å². The van der Waals surface area contributed by atoms with E-state index in [4.69, 9.17) is 4.74 Å². The molecule has 3 rings (SSSR count). The number of hydrogen-bond acceptors (Lipinski definition) is 3. The molecule has 3 nitrogen and oxygen atoms in total. The lowest BCUT2D eigenvalue weighted by atomic mass is 9.80. The summed E-state index contributed by atoms with van der Waals surface area (Å²) in [6.45, 7) is 7.95. The van der Waals surface area contributed by atoms with E-state index in [9.17, 15) is 0 Å². The number of nitrogens with one attached hydrogen (secondary N) is 1. The van der Waals surface area contributed by atoms with E-state index in [1.165, 1.54) is 12.0 Å². The first-order chi connectivity index (χ1) is 10.6. The van der Waals surface area contributed by atoms with Gasteiger partial charge in [0.15, 0.2) is 0 Å². The molecule has 3 heteroatoms. The summed E-state index contributed by atoms with van der Waals surface area (Å²) < 4.78 is 6.50. The molecule has 1 N–H and O–H groups in total. The van der Waals surface area contributed by atoms with Gasteiger partial charge in [0, 0.05) is 31.1 Å². The highest BCUT2D eigenvalue weighted by Gasteiger charge is 2.42. The first kappa shape index (κ1) is 15.8. The van der Waals surface area contributed by atoms with Gasteiger partial charge in [0.05, 0.1) is 0 Å². The third-order valence-electron chi connectivity index (χ3n) is 5.21. The predicted octanol–water partition coefficient (Wildman–Crippen LogP) is 3.61. The molecule has 1 atom stereocenters. The molecule has 2 aliphatic rings. The van der Waals surface area contributed by atoms with Crippen LogP contribution < -0.4 is 10.1 Å². The van der Waals surface area contributed by atoms with Gasteiger partial charge in [-0.2, -0.15) is 0 Å². The fraction of sp³-hybridized carbons (Fsp3) is 0.684. The number of nitrogens with zero attached hydrogens (tertiary/aromatic N) is 1. The molecule has 122 valence electrons. The Morgan fingerprint density at radius 2 is 2.00 bits per heavy atom. The van der Waals surface area contributed by atoms with Crippen molar-refractivity contribution in [1.82, 2.24) is 10.2 Å². The summed E-state index contributed by atoms with van der Waals surface area (Å²) in [6.07, 6.45) is 4.62. The van der Waals surface area contributed by atoms with Crippen LogP contribution in [-0.2, 0) is 0 Å². The maximum absolute atomic E-state index is 6.50. The van der Waals surface area contributed by atoms with Crippen molar-refractivity contribution < 1.29 is 4.74 Å². The molecular formula is C19H30N2O. The second kappa shape index (κ2) is 6.59. The lowest BCUT2D eigenvalue weighted by Gasteiger charge is -2.46. The van der Waals surface area contributed by atoms with Crippen molar-refractivity contribution >= 4 is 0 Å². The molecule has 22 heavy (non-hydrogen) atoms. The third-order valence-corrected chi connectivity index (χ3v) is 5.21. The molecule has 1 aromatic rings. The van der Waals surface area contributed by atoms with E-state index in [-0.39, 0.29) is 5.60 Å². The summed E-state index contributed by atoms with van der Waals surface area (Å²) in [5, 5.41) is 3.80. The topological polar surface area (TPSA) is 24.5 Å². The highest BCUT2D eigenvalue weighted by Crippen LogP contribution is 2.44. The van der Waals surface area contributed by atoms with Crippen LogP contribution in [-0.4, -0.2) is 37.2 Å². The average molecular weight is 302 g/mol. The Morgan fingerprint density at radius 1 is 1.27 bits per heavy atom. The molecule has 0 radical (unpaired) electrons. The fourth-order valence-electron chi connectivity index (χ4n) is 3.68. The van der Waals surface area contributed by atoms with Crippen molar-refractivity contribution in [3.8, 4) is 5.75 Å². The van der Waals surface area contributed by atoms with Crippen molar-refractivity contribution in [1.29, 1.82) is 0 Å². The molecule has 1 unspecified atom stereocenters. The molecule has 1 aromatic carbocycles. The third kappa shape index (κ3) is 3.47. The van der Waals surface area contributed by atoms with Crippen molar-refractivity contribution in [3.05, 3.63) is 29.8 Å². The van der Waals surface area contributed by atoms with Crippen LogP contribution in [0.5, 0.6) is 5.75 Å². The van der Waals surface area contributed by atoms with E-state index in [0.717, 1.165) is 50.6 Å². The van der Waals surface area contributed by atoms with E-state index in [1.54, 1.807) is 0 Å². The Morgan fingerprint density at radius 3 is 2.73 bits per heavy atom. The number of para-hydroxylation sites is 1. The summed E-state index contributed by atoms with van der Waals surface area (Å²) in [5.74, 6) is 1.85. The van der Waals surface area contributed by atoms with Gasteiger partial charge in [-0.25, -0.2) is 0 Å². The van der Waals surface area contributed by atoms with Crippen LogP contribution in [0.2, 0.25) is 0 Å². The Balaban J connectivity index is 1.76. The monoisotopic (exact) mass is 302 g/mol. The highest BCUT2D eigenvalue weighted by atomic mass is 16.5. The summed E-state index contributed by atoms with van der Waals surface area (Å²) >= 11 is 0. The first-order valence-electron chi connectivity index (χ1n) is 8.78. The molecule has 0 bridgehead atoms. The molecule has 1 spiro atoms. The summed E-state index contributed by atoms with van der Waals surface area (Å²) in [7, 11) is 2.21. The van der Waals surface area contributed by atoms with E-state index in [2.05, 4.69) is 55.4 Å². The van der Waals surface area contributed by atoms with Crippen LogP contribution in [0.3, 0.4) is 0 Å². The van der Waals surface area contributed by atoms with Gasteiger partial charge in [0.25, 0.3) is 0 Å².